The fraction of sp³-hybridized carbons (Fsp3) is 0.192. The average Bonchev–Trinajstić information content (AvgIpc) is 3.15. The SMILES string of the molecule is COc1ccc(-c2ccc(/C=C3\SC(S)N([C@@H](Cc4ccccc4)C(=O)O)C3=O)cn2)cc1OC. The number of hydrogen-bond acceptors (Lipinski definition) is 7. The van der Waals surface area contributed by atoms with Gasteiger partial charge >= 0.3 is 5.97 Å². The van der Waals surface area contributed by atoms with Crippen molar-refractivity contribution in [1.82, 2.24) is 9.88 Å². The number of benzene rings is 2. The van der Waals surface area contributed by atoms with E-state index in [1.165, 1.54) is 16.7 Å². The van der Waals surface area contributed by atoms with Gasteiger partial charge in [0.2, 0.25) is 0 Å². The number of aliphatic carboxylic acids is 1. The number of aromatic nitrogens is 1. The molecule has 1 aliphatic rings. The number of methoxy groups -OCH3 is 2. The van der Waals surface area contributed by atoms with Gasteiger partial charge in [-0.3, -0.25) is 9.78 Å². The Morgan fingerprint density at radius 2 is 1.89 bits per heavy atom. The minimum atomic E-state index is -1.07. The van der Waals surface area contributed by atoms with Gasteiger partial charge < -0.3 is 19.5 Å². The third-order valence-corrected chi connectivity index (χ3v) is 7.12. The molecule has 180 valence electrons. The van der Waals surface area contributed by atoms with Crippen molar-refractivity contribution in [3.05, 3.63) is 82.9 Å². The molecule has 0 radical (unpaired) electrons. The van der Waals surface area contributed by atoms with E-state index in [-0.39, 0.29) is 12.3 Å². The molecule has 0 aliphatic carbocycles. The molecule has 2 atom stereocenters. The molecule has 0 spiro atoms. The summed E-state index contributed by atoms with van der Waals surface area (Å²) in [5.74, 6) is -0.187. The lowest BCUT2D eigenvalue weighted by atomic mass is 10.0. The van der Waals surface area contributed by atoms with E-state index >= 15 is 0 Å². The summed E-state index contributed by atoms with van der Waals surface area (Å²) >= 11 is 5.72. The highest BCUT2D eigenvalue weighted by atomic mass is 32.2. The topological polar surface area (TPSA) is 89.0 Å². The molecule has 35 heavy (non-hydrogen) atoms. The highest BCUT2D eigenvalue weighted by Crippen LogP contribution is 2.40. The van der Waals surface area contributed by atoms with Crippen LogP contribution in [0.3, 0.4) is 0 Å². The van der Waals surface area contributed by atoms with E-state index in [1.807, 2.05) is 60.7 Å². The maximum Gasteiger partial charge on any atom is 0.326 e. The summed E-state index contributed by atoms with van der Waals surface area (Å²) in [6, 6.07) is 17.5. The van der Waals surface area contributed by atoms with E-state index in [9.17, 15) is 14.7 Å². The Hall–Kier alpha value is -3.43. The van der Waals surface area contributed by atoms with Crippen LogP contribution in [-0.4, -0.2) is 51.8 Å². The van der Waals surface area contributed by atoms with Gasteiger partial charge in [-0.15, -0.1) is 12.6 Å². The smallest absolute Gasteiger partial charge is 0.326 e. The molecule has 1 N–H and O–H groups in total. The number of amides is 1. The third kappa shape index (κ3) is 5.47. The van der Waals surface area contributed by atoms with Crippen molar-refractivity contribution >= 4 is 42.3 Å². The Balaban J connectivity index is 1.54. The van der Waals surface area contributed by atoms with Gasteiger partial charge in [0.05, 0.1) is 24.8 Å². The number of nitrogens with zero attached hydrogens (tertiary/aromatic N) is 2. The number of carboxylic acids is 1. The predicted molar refractivity (Wildman–Crippen MR) is 140 cm³/mol. The zero-order valence-electron chi connectivity index (χ0n) is 19.1. The average molecular weight is 509 g/mol. The summed E-state index contributed by atoms with van der Waals surface area (Å²) in [6.45, 7) is 0. The number of pyridine rings is 1. The van der Waals surface area contributed by atoms with E-state index in [0.717, 1.165) is 22.4 Å². The van der Waals surface area contributed by atoms with Gasteiger partial charge in [0.15, 0.2) is 11.5 Å². The summed E-state index contributed by atoms with van der Waals surface area (Å²) in [5, 5.41) is 9.83. The van der Waals surface area contributed by atoms with Crippen LogP contribution in [0.5, 0.6) is 11.5 Å². The largest absolute Gasteiger partial charge is 0.493 e. The quantitative estimate of drug-likeness (QED) is 0.340. The minimum absolute atomic E-state index is 0.203. The Kier molecular flexibility index (Phi) is 7.67. The second-order valence-corrected chi connectivity index (χ2v) is 9.72. The second kappa shape index (κ2) is 10.9. The van der Waals surface area contributed by atoms with Crippen LogP contribution < -0.4 is 9.47 Å². The van der Waals surface area contributed by atoms with Gasteiger partial charge in [-0.25, -0.2) is 4.79 Å². The zero-order chi connectivity index (χ0) is 24.9. The van der Waals surface area contributed by atoms with Crippen molar-refractivity contribution in [1.29, 1.82) is 0 Å². The molecule has 1 amide bonds. The standard InChI is InChI=1S/C26H24N2O5S2/c1-32-21-11-9-18(14-22(21)33-2)19-10-8-17(15-27-19)13-23-24(29)28(26(34)35-23)20(25(30)31)12-16-6-4-3-5-7-16/h3-11,13-15,20,26,34H,12H2,1-2H3,(H,30,31)/b23-13-/t20-,26?/m0/s1. The molecule has 4 rings (SSSR count). The molecule has 1 aliphatic heterocycles. The third-order valence-electron chi connectivity index (χ3n) is 5.57. The van der Waals surface area contributed by atoms with E-state index in [2.05, 4.69) is 17.6 Å². The zero-order valence-corrected chi connectivity index (χ0v) is 20.8. The first-order chi connectivity index (χ1) is 16.9. The molecule has 7 nitrogen and oxygen atoms in total. The summed E-state index contributed by atoms with van der Waals surface area (Å²) in [6.07, 6.45) is 3.58. The Bertz CT molecular complexity index is 1250. The minimum Gasteiger partial charge on any atom is -0.493 e. The van der Waals surface area contributed by atoms with Crippen LogP contribution in [-0.2, 0) is 16.0 Å². The molecule has 1 unspecified atom stereocenters. The van der Waals surface area contributed by atoms with Crippen LogP contribution in [0.25, 0.3) is 17.3 Å². The van der Waals surface area contributed by atoms with Gasteiger partial charge in [0.1, 0.15) is 10.7 Å². The lowest BCUT2D eigenvalue weighted by Gasteiger charge is -2.26. The van der Waals surface area contributed by atoms with Gasteiger partial charge in [-0.05, 0) is 41.5 Å². The Morgan fingerprint density at radius 3 is 2.51 bits per heavy atom. The van der Waals surface area contributed by atoms with Crippen molar-refractivity contribution < 1.29 is 24.2 Å². The highest BCUT2D eigenvalue weighted by molar-refractivity contribution is 8.14. The second-order valence-electron chi connectivity index (χ2n) is 7.76. The molecule has 1 aromatic heterocycles. The van der Waals surface area contributed by atoms with E-state index in [0.29, 0.717) is 16.4 Å². The number of thiol groups is 1. The van der Waals surface area contributed by atoms with Gasteiger partial charge in [0, 0.05) is 18.2 Å². The van der Waals surface area contributed by atoms with Crippen LogP contribution in [0.1, 0.15) is 11.1 Å². The first kappa shape index (κ1) is 24.7. The van der Waals surface area contributed by atoms with Crippen molar-refractivity contribution in [2.75, 3.05) is 14.2 Å². The molecule has 2 aromatic carbocycles. The maximum absolute atomic E-state index is 13.2. The van der Waals surface area contributed by atoms with Gasteiger partial charge in [0.25, 0.3) is 5.91 Å². The molecule has 2 heterocycles. The van der Waals surface area contributed by atoms with Crippen LogP contribution in [0, 0.1) is 0 Å². The maximum atomic E-state index is 13.2. The number of carbonyl (C=O) groups excluding carboxylic acids is 1. The molecule has 0 bridgehead atoms. The summed E-state index contributed by atoms with van der Waals surface area (Å²) in [5.41, 5.74) is 3.16. The lowest BCUT2D eigenvalue weighted by molar-refractivity contribution is -0.147. The monoisotopic (exact) mass is 508 g/mol. The Morgan fingerprint density at radius 1 is 1.14 bits per heavy atom. The summed E-state index contributed by atoms with van der Waals surface area (Å²) < 4.78 is 10.0. The molecule has 1 saturated heterocycles. The predicted octanol–water partition coefficient (Wildman–Crippen LogP) is 4.59. The fourth-order valence-corrected chi connectivity index (χ4v) is 5.39. The lowest BCUT2D eigenvalue weighted by Crippen LogP contribution is -2.46. The number of thioether (sulfide) groups is 1. The molecule has 3 aromatic rings. The van der Waals surface area contributed by atoms with E-state index < -0.39 is 16.7 Å². The van der Waals surface area contributed by atoms with Crippen molar-refractivity contribution in [2.24, 2.45) is 0 Å². The van der Waals surface area contributed by atoms with Crippen LogP contribution in [0.15, 0.2) is 71.8 Å². The van der Waals surface area contributed by atoms with Crippen LogP contribution >= 0.6 is 24.4 Å². The first-order valence-corrected chi connectivity index (χ1v) is 12.1. The van der Waals surface area contributed by atoms with Gasteiger partial charge in [-0.1, -0.05) is 48.2 Å². The highest BCUT2D eigenvalue weighted by Gasteiger charge is 2.41. The van der Waals surface area contributed by atoms with Crippen molar-refractivity contribution in [3.63, 3.8) is 0 Å². The number of hydrogen-bond donors (Lipinski definition) is 2. The summed E-state index contributed by atoms with van der Waals surface area (Å²) in [4.78, 5) is 31.4. The molecular weight excluding hydrogens is 484 g/mol. The van der Waals surface area contributed by atoms with E-state index in [4.69, 9.17) is 9.47 Å². The first-order valence-electron chi connectivity index (χ1n) is 10.8. The van der Waals surface area contributed by atoms with Crippen molar-refractivity contribution in [3.8, 4) is 22.8 Å². The van der Waals surface area contributed by atoms with E-state index in [1.54, 1.807) is 26.5 Å². The molecular formula is C26H24N2O5S2. The molecule has 9 heteroatoms. The number of rotatable bonds is 8. The number of carbonyl (C=O) groups is 2. The number of ether oxygens (including phenoxy) is 2. The normalized spacial score (nSPS) is 17.5. The fourth-order valence-electron chi connectivity index (χ4n) is 3.79. The summed E-state index contributed by atoms with van der Waals surface area (Å²) in [7, 11) is 3.16. The van der Waals surface area contributed by atoms with Crippen molar-refractivity contribution in [2.45, 2.75) is 17.2 Å². The number of carboxylic acid groups (broad SMARTS) is 1. The van der Waals surface area contributed by atoms with Crippen LogP contribution in [0.2, 0.25) is 0 Å². The molecule has 1 fully saturated rings. The Labute approximate surface area is 213 Å². The van der Waals surface area contributed by atoms with Crippen LogP contribution in [0.4, 0.5) is 0 Å². The molecule has 0 saturated carbocycles. The van der Waals surface area contributed by atoms with Gasteiger partial charge in [-0.2, -0.15) is 0 Å².